The van der Waals surface area contributed by atoms with Crippen LogP contribution in [0.25, 0.3) is 11.4 Å². The van der Waals surface area contributed by atoms with Gasteiger partial charge in [-0.2, -0.15) is 0 Å². The van der Waals surface area contributed by atoms with Crippen LogP contribution < -0.4 is 0 Å². The Morgan fingerprint density at radius 3 is 2.79 bits per heavy atom. The molecule has 1 saturated carbocycles. The van der Waals surface area contributed by atoms with E-state index in [0.29, 0.717) is 11.7 Å². The van der Waals surface area contributed by atoms with Gasteiger partial charge >= 0.3 is 0 Å². The van der Waals surface area contributed by atoms with E-state index in [9.17, 15) is 4.39 Å². The lowest BCUT2D eigenvalue weighted by Crippen LogP contribution is -2.00. The number of rotatable bonds is 3. The predicted octanol–water partition coefficient (Wildman–Crippen LogP) is 4.36. The lowest BCUT2D eigenvalue weighted by atomic mass is 10.1. The first-order valence-electron chi connectivity index (χ1n) is 6.37. The Hall–Kier alpha value is -1.29. The van der Waals surface area contributed by atoms with Crippen LogP contribution in [0.2, 0.25) is 0 Å². The van der Waals surface area contributed by atoms with Crippen LogP contribution >= 0.6 is 15.9 Å². The average molecular weight is 321 g/mol. The standard InChI is InChI=1S/C15H14BrFN2/c1-9-6-12(17)4-5-13(9)15-18-8-11(7-16)14(19-15)10-2-3-10/h4-6,8,10H,2-3,7H2,1H3. The first-order valence-corrected chi connectivity index (χ1v) is 7.49. The van der Waals surface area contributed by atoms with Crippen LogP contribution in [0.15, 0.2) is 24.4 Å². The Labute approximate surface area is 120 Å². The first kappa shape index (κ1) is 12.7. The van der Waals surface area contributed by atoms with Gasteiger partial charge in [-0.1, -0.05) is 15.9 Å². The van der Waals surface area contributed by atoms with Crippen molar-refractivity contribution in [2.75, 3.05) is 0 Å². The zero-order chi connectivity index (χ0) is 13.4. The monoisotopic (exact) mass is 320 g/mol. The van der Waals surface area contributed by atoms with E-state index in [4.69, 9.17) is 4.98 Å². The summed E-state index contributed by atoms with van der Waals surface area (Å²) in [4.78, 5) is 9.12. The zero-order valence-corrected chi connectivity index (χ0v) is 12.2. The summed E-state index contributed by atoms with van der Waals surface area (Å²) in [7, 11) is 0. The molecule has 98 valence electrons. The Bertz CT molecular complexity index is 624. The van der Waals surface area contributed by atoms with Gasteiger partial charge in [-0.25, -0.2) is 14.4 Å². The van der Waals surface area contributed by atoms with E-state index in [1.165, 1.54) is 25.0 Å². The fraction of sp³-hybridized carbons (Fsp3) is 0.333. The smallest absolute Gasteiger partial charge is 0.159 e. The summed E-state index contributed by atoms with van der Waals surface area (Å²) >= 11 is 3.48. The van der Waals surface area contributed by atoms with Crippen molar-refractivity contribution in [3.05, 3.63) is 47.0 Å². The van der Waals surface area contributed by atoms with Crippen molar-refractivity contribution in [3.8, 4) is 11.4 Å². The second-order valence-corrected chi connectivity index (χ2v) is 5.53. The largest absolute Gasteiger partial charge is 0.236 e. The van der Waals surface area contributed by atoms with Crippen LogP contribution in [0.1, 0.15) is 35.6 Å². The molecule has 0 aliphatic heterocycles. The van der Waals surface area contributed by atoms with E-state index < -0.39 is 0 Å². The molecule has 3 rings (SSSR count). The van der Waals surface area contributed by atoms with E-state index >= 15 is 0 Å². The molecule has 19 heavy (non-hydrogen) atoms. The molecule has 0 spiro atoms. The van der Waals surface area contributed by atoms with Crippen molar-refractivity contribution in [1.82, 2.24) is 9.97 Å². The van der Waals surface area contributed by atoms with Crippen LogP contribution in [0, 0.1) is 12.7 Å². The summed E-state index contributed by atoms with van der Waals surface area (Å²) in [5, 5.41) is 0.779. The lowest BCUT2D eigenvalue weighted by molar-refractivity contribution is 0.627. The van der Waals surface area contributed by atoms with Crippen molar-refractivity contribution < 1.29 is 4.39 Å². The maximum atomic E-state index is 13.2. The highest BCUT2D eigenvalue weighted by Gasteiger charge is 2.28. The van der Waals surface area contributed by atoms with E-state index in [0.717, 1.165) is 27.7 Å². The minimum atomic E-state index is -0.222. The van der Waals surface area contributed by atoms with Gasteiger partial charge in [-0.3, -0.25) is 0 Å². The molecule has 1 aromatic heterocycles. The summed E-state index contributed by atoms with van der Waals surface area (Å²) in [6.45, 7) is 1.89. The van der Waals surface area contributed by atoms with Gasteiger partial charge in [0.1, 0.15) is 5.82 Å². The molecular formula is C15H14BrFN2. The third-order valence-corrected chi connectivity index (χ3v) is 4.04. The molecule has 1 aliphatic carbocycles. The SMILES string of the molecule is Cc1cc(F)ccc1-c1ncc(CBr)c(C2CC2)n1. The summed E-state index contributed by atoms with van der Waals surface area (Å²) in [6.07, 6.45) is 4.30. The maximum Gasteiger partial charge on any atom is 0.159 e. The third-order valence-electron chi connectivity index (χ3n) is 3.44. The van der Waals surface area contributed by atoms with Crippen LogP contribution in [0.5, 0.6) is 0 Å². The van der Waals surface area contributed by atoms with Gasteiger partial charge in [0.25, 0.3) is 0 Å². The Morgan fingerprint density at radius 2 is 2.16 bits per heavy atom. The number of hydrogen-bond acceptors (Lipinski definition) is 2. The van der Waals surface area contributed by atoms with Crippen LogP contribution in [-0.2, 0) is 5.33 Å². The van der Waals surface area contributed by atoms with Gasteiger partial charge in [0.2, 0.25) is 0 Å². The molecule has 0 unspecified atom stereocenters. The molecule has 2 nitrogen and oxygen atoms in total. The highest BCUT2D eigenvalue weighted by molar-refractivity contribution is 9.08. The summed E-state index contributed by atoms with van der Waals surface area (Å²) in [6, 6.07) is 4.74. The predicted molar refractivity (Wildman–Crippen MR) is 76.8 cm³/mol. The molecule has 1 fully saturated rings. The fourth-order valence-corrected chi connectivity index (χ4v) is 2.67. The quantitative estimate of drug-likeness (QED) is 0.785. The fourth-order valence-electron chi connectivity index (χ4n) is 2.24. The van der Waals surface area contributed by atoms with Gasteiger partial charge in [-0.05, 0) is 43.5 Å². The van der Waals surface area contributed by atoms with Crippen molar-refractivity contribution in [2.45, 2.75) is 31.0 Å². The van der Waals surface area contributed by atoms with Crippen molar-refractivity contribution in [1.29, 1.82) is 0 Å². The van der Waals surface area contributed by atoms with Crippen molar-refractivity contribution in [3.63, 3.8) is 0 Å². The molecule has 0 N–H and O–H groups in total. The van der Waals surface area contributed by atoms with Gasteiger partial charge in [-0.15, -0.1) is 0 Å². The molecule has 4 heteroatoms. The second-order valence-electron chi connectivity index (χ2n) is 4.97. The number of nitrogens with zero attached hydrogens (tertiary/aromatic N) is 2. The number of hydrogen-bond donors (Lipinski definition) is 0. The number of aryl methyl sites for hydroxylation is 1. The molecular weight excluding hydrogens is 307 g/mol. The molecule has 1 aromatic carbocycles. The Balaban J connectivity index is 2.07. The molecule has 0 saturated heterocycles. The van der Waals surface area contributed by atoms with E-state index in [-0.39, 0.29) is 5.82 Å². The first-order chi connectivity index (χ1) is 9.19. The summed E-state index contributed by atoms with van der Waals surface area (Å²) < 4.78 is 13.2. The average Bonchev–Trinajstić information content (AvgIpc) is 3.22. The minimum Gasteiger partial charge on any atom is -0.236 e. The molecule has 0 atom stereocenters. The molecule has 1 heterocycles. The van der Waals surface area contributed by atoms with Gasteiger partial charge in [0, 0.05) is 28.6 Å². The molecule has 0 radical (unpaired) electrons. The number of benzene rings is 1. The highest BCUT2D eigenvalue weighted by Crippen LogP contribution is 2.41. The van der Waals surface area contributed by atoms with Crippen molar-refractivity contribution >= 4 is 15.9 Å². The van der Waals surface area contributed by atoms with Gasteiger partial charge in [0.15, 0.2) is 5.82 Å². The van der Waals surface area contributed by atoms with Crippen molar-refractivity contribution in [2.24, 2.45) is 0 Å². The Morgan fingerprint density at radius 1 is 1.37 bits per heavy atom. The van der Waals surface area contributed by atoms with E-state index in [1.54, 1.807) is 6.07 Å². The number of halogens is 2. The third kappa shape index (κ3) is 2.54. The zero-order valence-electron chi connectivity index (χ0n) is 10.7. The molecule has 1 aliphatic rings. The molecule has 2 aromatic rings. The summed E-state index contributed by atoms with van der Waals surface area (Å²) in [5.41, 5.74) is 4.08. The second kappa shape index (κ2) is 5.00. The van der Waals surface area contributed by atoms with Crippen LogP contribution in [0.4, 0.5) is 4.39 Å². The highest BCUT2D eigenvalue weighted by atomic mass is 79.9. The molecule has 0 amide bonds. The number of aromatic nitrogens is 2. The van der Waals surface area contributed by atoms with E-state index in [2.05, 4.69) is 20.9 Å². The van der Waals surface area contributed by atoms with Crippen LogP contribution in [-0.4, -0.2) is 9.97 Å². The lowest BCUT2D eigenvalue weighted by Gasteiger charge is -2.09. The molecule has 0 bridgehead atoms. The normalized spacial score (nSPS) is 14.7. The topological polar surface area (TPSA) is 25.8 Å². The Kier molecular flexibility index (Phi) is 3.35. The number of alkyl halides is 1. The van der Waals surface area contributed by atoms with Crippen LogP contribution in [0.3, 0.4) is 0 Å². The van der Waals surface area contributed by atoms with E-state index in [1.807, 2.05) is 13.1 Å². The maximum absolute atomic E-state index is 13.2. The van der Waals surface area contributed by atoms with Gasteiger partial charge in [0.05, 0.1) is 5.69 Å². The minimum absolute atomic E-state index is 0.222. The summed E-state index contributed by atoms with van der Waals surface area (Å²) in [5.74, 6) is 1.06. The van der Waals surface area contributed by atoms with Gasteiger partial charge < -0.3 is 0 Å².